The number of thiophene rings is 1. The first-order valence-corrected chi connectivity index (χ1v) is 9.87. The van der Waals surface area contributed by atoms with Crippen LogP contribution in [0.3, 0.4) is 0 Å². The highest BCUT2D eigenvalue weighted by atomic mass is 79.9. The molecule has 0 spiro atoms. The minimum atomic E-state index is -3.38. The summed E-state index contributed by atoms with van der Waals surface area (Å²) in [5.74, 6) is 0. The second kappa shape index (κ2) is 6.44. The van der Waals surface area contributed by atoms with Crippen LogP contribution in [0, 0.1) is 6.92 Å². The van der Waals surface area contributed by atoms with Gasteiger partial charge in [-0.3, -0.25) is 0 Å². The minimum absolute atomic E-state index is 0.112. The number of aryl methyl sites for hydroxylation is 1. The molecule has 0 unspecified atom stereocenters. The molecule has 20 heavy (non-hydrogen) atoms. The van der Waals surface area contributed by atoms with Crippen LogP contribution < -0.4 is 0 Å². The average molecular weight is 381 g/mol. The van der Waals surface area contributed by atoms with Crippen molar-refractivity contribution >= 4 is 37.3 Å². The van der Waals surface area contributed by atoms with E-state index in [0.29, 0.717) is 4.90 Å². The summed E-state index contributed by atoms with van der Waals surface area (Å²) in [5, 5.41) is 0. The maximum atomic E-state index is 12.7. The standard InChI is InChI=1S/C13H21BrN2O2S2/c1-4-16-7-5-11(6-8-16)15(3)20(17,18)12-9-13(14)19-10(12)2/h9,11H,4-8H2,1-3H3. The van der Waals surface area contributed by atoms with Crippen molar-refractivity contribution < 1.29 is 8.42 Å². The number of likely N-dealkylation sites (tertiary alicyclic amines) is 1. The molecule has 0 aromatic carbocycles. The summed E-state index contributed by atoms with van der Waals surface area (Å²) >= 11 is 4.83. The van der Waals surface area contributed by atoms with Gasteiger partial charge in [-0.2, -0.15) is 4.31 Å². The largest absolute Gasteiger partial charge is 0.303 e. The van der Waals surface area contributed by atoms with E-state index in [9.17, 15) is 8.42 Å². The van der Waals surface area contributed by atoms with Crippen LogP contribution in [-0.4, -0.2) is 50.3 Å². The Morgan fingerprint density at radius 3 is 2.50 bits per heavy atom. The molecule has 0 N–H and O–H groups in total. The number of halogens is 1. The van der Waals surface area contributed by atoms with Crippen molar-refractivity contribution in [3.05, 3.63) is 14.7 Å². The Morgan fingerprint density at radius 1 is 1.45 bits per heavy atom. The van der Waals surface area contributed by atoms with Gasteiger partial charge in [0.2, 0.25) is 10.0 Å². The lowest BCUT2D eigenvalue weighted by Crippen LogP contribution is -2.45. The summed E-state index contributed by atoms with van der Waals surface area (Å²) in [4.78, 5) is 3.65. The van der Waals surface area contributed by atoms with E-state index in [1.54, 1.807) is 17.4 Å². The van der Waals surface area contributed by atoms with Crippen molar-refractivity contribution in [2.24, 2.45) is 0 Å². The molecule has 0 bridgehead atoms. The number of rotatable bonds is 4. The Balaban J connectivity index is 2.16. The van der Waals surface area contributed by atoms with Crippen molar-refractivity contribution in [2.45, 2.75) is 37.6 Å². The van der Waals surface area contributed by atoms with Gasteiger partial charge in [0.1, 0.15) is 0 Å². The molecule has 0 radical (unpaired) electrons. The molecule has 2 rings (SSSR count). The predicted octanol–water partition coefficient (Wildman–Crippen LogP) is 2.92. The van der Waals surface area contributed by atoms with Crippen molar-refractivity contribution in [1.29, 1.82) is 0 Å². The number of hydrogen-bond donors (Lipinski definition) is 0. The fraction of sp³-hybridized carbons (Fsp3) is 0.692. The normalized spacial score (nSPS) is 18.9. The average Bonchev–Trinajstić information content (AvgIpc) is 2.77. The third-order valence-electron chi connectivity index (χ3n) is 4.02. The molecule has 1 aliphatic heterocycles. The highest BCUT2D eigenvalue weighted by Crippen LogP contribution is 2.32. The van der Waals surface area contributed by atoms with Crippen molar-refractivity contribution in [3.63, 3.8) is 0 Å². The summed E-state index contributed by atoms with van der Waals surface area (Å²) < 4.78 is 27.9. The molecule has 0 atom stereocenters. The van der Waals surface area contributed by atoms with Gasteiger partial charge in [-0.25, -0.2) is 8.42 Å². The van der Waals surface area contributed by atoms with Crippen LogP contribution in [0.4, 0.5) is 0 Å². The van der Waals surface area contributed by atoms with Gasteiger partial charge in [0.25, 0.3) is 0 Å². The lowest BCUT2D eigenvalue weighted by atomic mass is 10.1. The van der Waals surface area contributed by atoms with Crippen LogP contribution in [0.25, 0.3) is 0 Å². The molecular formula is C13H21BrN2O2S2. The van der Waals surface area contributed by atoms with E-state index in [-0.39, 0.29) is 6.04 Å². The lowest BCUT2D eigenvalue weighted by molar-refractivity contribution is 0.176. The number of sulfonamides is 1. The molecule has 0 amide bonds. The molecule has 1 aromatic rings. The van der Waals surface area contributed by atoms with E-state index in [2.05, 4.69) is 27.8 Å². The van der Waals surface area contributed by atoms with Crippen LogP contribution in [0.15, 0.2) is 14.7 Å². The molecular weight excluding hydrogens is 360 g/mol. The van der Waals surface area contributed by atoms with Crippen LogP contribution in [0.1, 0.15) is 24.6 Å². The van der Waals surface area contributed by atoms with Crippen LogP contribution in [-0.2, 0) is 10.0 Å². The quantitative estimate of drug-likeness (QED) is 0.805. The lowest BCUT2D eigenvalue weighted by Gasteiger charge is -2.35. The van der Waals surface area contributed by atoms with Crippen LogP contribution in [0.2, 0.25) is 0 Å². The molecule has 2 heterocycles. The topological polar surface area (TPSA) is 40.6 Å². The van der Waals surface area contributed by atoms with Gasteiger partial charge in [0.15, 0.2) is 0 Å². The van der Waals surface area contributed by atoms with Gasteiger partial charge < -0.3 is 4.90 Å². The van der Waals surface area contributed by atoms with Gasteiger partial charge in [-0.1, -0.05) is 6.92 Å². The Kier molecular flexibility index (Phi) is 5.29. The van der Waals surface area contributed by atoms with Gasteiger partial charge >= 0.3 is 0 Å². The van der Waals surface area contributed by atoms with E-state index >= 15 is 0 Å². The molecule has 0 saturated carbocycles. The van der Waals surface area contributed by atoms with Crippen molar-refractivity contribution in [2.75, 3.05) is 26.7 Å². The monoisotopic (exact) mass is 380 g/mol. The molecule has 1 aromatic heterocycles. The highest BCUT2D eigenvalue weighted by Gasteiger charge is 2.32. The third-order valence-corrected chi connectivity index (χ3v) is 7.74. The fourth-order valence-electron chi connectivity index (χ4n) is 2.64. The van der Waals surface area contributed by atoms with E-state index < -0.39 is 10.0 Å². The second-order valence-electron chi connectivity index (χ2n) is 5.16. The molecule has 1 saturated heterocycles. The van der Waals surface area contributed by atoms with E-state index in [4.69, 9.17) is 0 Å². The SMILES string of the molecule is CCN1CCC(N(C)S(=O)(=O)c2cc(Br)sc2C)CC1. The van der Waals surface area contributed by atoms with Gasteiger partial charge in [0, 0.05) is 18.0 Å². The summed E-state index contributed by atoms with van der Waals surface area (Å²) in [6.07, 6.45) is 1.82. The first-order valence-electron chi connectivity index (χ1n) is 6.82. The molecule has 1 fully saturated rings. The summed E-state index contributed by atoms with van der Waals surface area (Å²) in [7, 11) is -1.66. The number of hydrogen-bond acceptors (Lipinski definition) is 4. The molecule has 4 nitrogen and oxygen atoms in total. The smallest absolute Gasteiger partial charge is 0.244 e. The minimum Gasteiger partial charge on any atom is -0.303 e. The Hall–Kier alpha value is 0.0500. The maximum absolute atomic E-state index is 12.7. The fourth-order valence-corrected chi connectivity index (χ4v) is 6.43. The Bertz CT molecular complexity index is 563. The van der Waals surface area contributed by atoms with Gasteiger partial charge in [-0.05, 0) is 61.4 Å². The summed E-state index contributed by atoms with van der Waals surface area (Å²) in [6, 6.07) is 1.83. The number of nitrogens with zero attached hydrogens (tertiary/aromatic N) is 2. The van der Waals surface area contributed by atoms with E-state index in [1.165, 1.54) is 11.3 Å². The molecule has 114 valence electrons. The van der Waals surface area contributed by atoms with Crippen LogP contribution >= 0.6 is 27.3 Å². The molecule has 1 aliphatic rings. The maximum Gasteiger partial charge on any atom is 0.244 e. The molecule has 7 heteroatoms. The first kappa shape index (κ1) is 16.4. The number of piperidine rings is 1. The second-order valence-corrected chi connectivity index (χ2v) is 9.76. The zero-order valence-corrected chi connectivity index (χ0v) is 15.3. The Morgan fingerprint density at radius 2 is 2.05 bits per heavy atom. The van der Waals surface area contributed by atoms with Crippen molar-refractivity contribution in [1.82, 2.24) is 9.21 Å². The Labute approximate surface area is 133 Å². The predicted molar refractivity (Wildman–Crippen MR) is 86.8 cm³/mol. The third kappa shape index (κ3) is 3.27. The van der Waals surface area contributed by atoms with Crippen LogP contribution in [0.5, 0.6) is 0 Å². The zero-order chi connectivity index (χ0) is 14.9. The van der Waals surface area contributed by atoms with E-state index in [1.807, 2.05) is 6.92 Å². The van der Waals surface area contributed by atoms with E-state index in [0.717, 1.165) is 41.1 Å². The van der Waals surface area contributed by atoms with Crippen molar-refractivity contribution in [3.8, 4) is 0 Å². The highest BCUT2D eigenvalue weighted by molar-refractivity contribution is 9.11. The van der Waals surface area contributed by atoms with Gasteiger partial charge in [0.05, 0.1) is 8.68 Å². The van der Waals surface area contributed by atoms with Gasteiger partial charge in [-0.15, -0.1) is 11.3 Å². The molecule has 0 aliphatic carbocycles. The zero-order valence-electron chi connectivity index (χ0n) is 12.1. The first-order chi connectivity index (χ1) is 9.36. The summed E-state index contributed by atoms with van der Waals surface area (Å²) in [6.45, 7) is 7.00. The summed E-state index contributed by atoms with van der Waals surface area (Å²) in [5.41, 5.74) is 0.